The molecule has 1 aromatic heterocycles. The van der Waals surface area contributed by atoms with Gasteiger partial charge in [0.05, 0.1) is 11.5 Å². The minimum absolute atomic E-state index is 0.106. The molecule has 0 aliphatic heterocycles. The molecule has 21 heavy (non-hydrogen) atoms. The quantitative estimate of drug-likeness (QED) is 0.809. The molecule has 118 valence electrons. The predicted octanol–water partition coefficient (Wildman–Crippen LogP) is 2.03. The van der Waals surface area contributed by atoms with E-state index in [2.05, 4.69) is 4.72 Å². The molecule has 0 saturated heterocycles. The monoisotopic (exact) mass is 312 g/mol. The fraction of sp³-hybridized carbons (Fsp3) is 0.733. The van der Waals surface area contributed by atoms with Gasteiger partial charge in [-0.3, -0.25) is 0 Å². The zero-order chi connectivity index (χ0) is 15.2. The smallest absolute Gasteiger partial charge is 0.242 e. The molecule has 0 radical (unpaired) electrons. The number of aliphatic hydroxyl groups excluding tert-OH is 1. The third-order valence-corrected chi connectivity index (χ3v) is 5.91. The number of sulfonamides is 1. The molecule has 1 heterocycles. The molecule has 0 atom stereocenters. The fourth-order valence-electron chi connectivity index (χ4n) is 2.99. The minimum Gasteiger partial charge on any atom is -0.390 e. The second-order valence-electron chi connectivity index (χ2n) is 6.65. The highest BCUT2D eigenvalue weighted by Gasteiger charge is 2.43. The Hall–Kier alpha value is -0.850. The van der Waals surface area contributed by atoms with Crippen molar-refractivity contribution in [2.24, 2.45) is 11.8 Å². The summed E-state index contributed by atoms with van der Waals surface area (Å²) in [5.74, 6) is 1.05. The maximum absolute atomic E-state index is 12.6. The lowest BCUT2D eigenvalue weighted by atomic mass is 10.1. The maximum atomic E-state index is 12.6. The molecule has 3 rings (SSSR count). The van der Waals surface area contributed by atoms with Crippen molar-refractivity contribution < 1.29 is 13.5 Å². The van der Waals surface area contributed by atoms with Crippen LogP contribution in [0.4, 0.5) is 0 Å². The van der Waals surface area contributed by atoms with Gasteiger partial charge in [0.1, 0.15) is 0 Å². The molecule has 0 bridgehead atoms. The minimum atomic E-state index is -3.50. The average molecular weight is 312 g/mol. The van der Waals surface area contributed by atoms with Gasteiger partial charge in [-0.2, -0.15) is 0 Å². The molecule has 2 fully saturated rings. The number of nitrogens with zero attached hydrogens (tertiary/aromatic N) is 1. The lowest BCUT2D eigenvalue weighted by molar-refractivity contribution is 0.268. The molecule has 0 spiro atoms. The number of rotatable bonds is 7. The zero-order valence-corrected chi connectivity index (χ0v) is 13.4. The summed E-state index contributed by atoms with van der Waals surface area (Å²) in [5.41, 5.74) is 0.639. The van der Waals surface area contributed by atoms with Crippen molar-refractivity contribution in [3.05, 3.63) is 18.0 Å². The van der Waals surface area contributed by atoms with Crippen LogP contribution in [0.1, 0.15) is 51.3 Å². The van der Waals surface area contributed by atoms with Crippen LogP contribution in [-0.4, -0.2) is 24.1 Å². The second-order valence-corrected chi connectivity index (χ2v) is 8.36. The normalized spacial score (nSPS) is 19.7. The standard InChI is InChI=1S/C15H24N2O3S/c1-10(2)17-8-14(7-13(17)9-18)21(19,20)16-15(11-3-4-11)12-5-6-12/h7-8,10-12,15-16,18H,3-6,9H2,1-2H3. The summed E-state index contributed by atoms with van der Waals surface area (Å²) in [4.78, 5) is 0.270. The summed E-state index contributed by atoms with van der Waals surface area (Å²) in [7, 11) is -3.50. The Morgan fingerprint density at radius 2 is 1.86 bits per heavy atom. The summed E-state index contributed by atoms with van der Waals surface area (Å²) >= 11 is 0. The first-order valence-electron chi connectivity index (χ1n) is 7.76. The summed E-state index contributed by atoms with van der Waals surface area (Å²) in [6, 6.07) is 1.81. The van der Waals surface area contributed by atoms with E-state index in [0.717, 1.165) is 25.7 Å². The number of aliphatic hydroxyl groups is 1. The van der Waals surface area contributed by atoms with Gasteiger partial charge in [0.25, 0.3) is 0 Å². The van der Waals surface area contributed by atoms with Crippen LogP contribution in [0.5, 0.6) is 0 Å². The maximum Gasteiger partial charge on any atom is 0.242 e. The highest BCUT2D eigenvalue weighted by Crippen LogP contribution is 2.45. The van der Waals surface area contributed by atoms with E-state index in [-0.39, 0.29) is 23.6 Å². The van der Waals surface area contributed by atoms with Gasteiger partial charge >= 0.3 is 0 Å². The topological polar surface area (TPSA) is 71.3 Å². The van der Waals surface area contributed by atoms with Crippen LogP contribution in [0.15, 0.2) is 17.2 Å². The summed E-state index contributed by atoms with van der Waals surface area (Å²) in [6.07, 6.45) is 6.18. The molecule has 2 saturated carbocycles. The zero-order valence-electron chi connectivity index (χ0n) is 12.6. The molecule has 1 aromatic rings. The van der Waals surface area contributed by atoms with Crippen molar-refractivity contribution in [2.75, 3.05) is 0 Å². The Balaban J connectivity index is 1.83. The van der Waals surface area contributed by atoms with Crippen LogP contribution < -0.4 is 4.72 Å². The van der Waals surface area contributed by atoms with Crippen molar-refractivity contribution in [2.45, 2.75) is 63.1 Å². The van der Waals surface area contributed by atoms with Crippen LogP contribution in [0.2, 0.25) is 0 Å². The SMILES string of the molecule is CC(C)n1cc(S(=O)(=O)NC(C2CC2)C2CC2)cc1CO. The van der Waals surface area contributed by atoms with E-state index >= 15 is 0 Å². The van der Waals surface area contributed by atoms with Gasteiger partial charge in [0.2, 0.25) is 10.0 Å². The highest BCUT2D eigenvalue weighted by molar-refractivity contribution is 7.89. The third-order valence-electron chi connectivity index (χ3n) is 4.49. The van der Waals surface area contributed by atoms with E-state index in [1.807, 2.05) is 18.4 Å². The Kier molecular flexibility index (Phi) is 3.88. The van der Waals surface area contributed by atoms with E-state index < -0.39 is 10.0 Å². The van der Waals surface area contributed by atoms with Gasteiger partial charge < -0.3 is 9.67 Å². The Labute approximate surface area is 126 Å². The van der Waals surface area contributed by atoms with Gasteiger partial charge in [-0.1, -0.05) is 0 Å². The molecular formula is C15H24N2O3S. The number of nitrogens with one attached hydrogen (secondary N) is 1. The lowest BCUT2D eigenvalue weighted by Gasteiger charge is -2.17. The predicted molar refractivity (Wildman–Crippen MR) is 80.3 cm³/mol. The number of hydrogen-bond acceptors (Lipinski definition) is 3. The van der Waals surface area contributed by atoms with E-state index in [0.29, 0.717) is 17.5 Å². The summed E-state index contributed by atoms with van der Waals surface area (Å²) < 4.78 is 29.9. The fourth-order valence-corrected chi connectivity index (χ4v) is 4.41. The van der Waals surface area contributed by atoms with E-state index in [4.69, 9.17) is 0 Å². The van der Waals surface area contributed by atoms with Gasteiger partial charge in [-0.15, -0.1) is 0 Å². The van der Waals surface area contributed by atoms with Crippen LogP contribution in [0, 0.1) is 11.8 Å². The first kappa shape index (κ1) is 15.1. The second kappa shape index (κ2) is 5.41. The van der Waals surface area contributed by atoms with E-state index in [9.17, 15) is 13.5 Å². The summed E-state index contributed by atoms with van der Waals surface area (Å²) in [6.45, 7) is 3.79. The van der Waals surface area contributed by atoms with Crippen LogP contribution >= 0.6 is 0 Å². The van der Waals surface area contributed by atoms with Crippen molar-refractivity contribution in [3.63, 3.8) is 0 Å². The average Bonchev–Trinajstić information content (AvgIpc) is 3.32. The van der Waals surface area contributed by atoms with Gasteiger partial charge in [-0.25, -0.2) is 13.1 Å². The molecule has 2 N–H and O–H groups in total. The molecule has 0 unspecified atom stereocenters. The van der Waals surface area contributed by atoms with Gasteiger partial charge in [0.15, 0.2) is 0 Å². The molecular weight excluding hydrogens is 288 g/mol. The number of aromatic nitrogens is 1. The molecule has 0 aromatic carbocycles. The summed E-state index contributed by atoms with van der Waals surface area (Å²) in [5, 5.41) is 9.39. The first-order valence-corrected chi connectivity index (χ1v) is 9.24. The Bertz CT molecular complexity index is 601. The van der Waals surface area contributed by atoms with Crippen molar-refractivity contribution in [1.29, 1.82) is 0 Å². The molecule has 0 amide bonds. The Morgan fingerprint density at radius 1 is 1.29 bits per heavy atom. The van der Waals surface area contributed by atoms with Crippen LogP contribution in [0.25, 0.3) is 0 Å². The Morgan fingerprint density at radius 3 is 2.24 bits per heavy atom. The van der Waals surface area contributed by atoms with Crippen molar-refractivity contribution in [3.8, 4) is 0 Å². The lowest BCUT2D eigenvalue weighted by Crippen LogP contribution is -2.37. The molecule has 2 aliphatic rings. The molecule has 2 aliphatic carbocycles. The highest BCUT2D eigenvalue weighted by atomic mass is 32.2. The molecule has 5 nitrogen and oxygen atoms in total. The number of hydrogen-bond donors (Lipinski definition) is 2. The van der Waals surface area contributed by atoms with Crippen molar-refractivity contribution in [1.82, 2.24) is 9.29 Å². The largest absolute Gasteiger partial charge is 0.390 e. The van der Waals surface area contributed by atoms with E-state index in [1.165, 1.54) is 0 Å². The van der Waals surface area contributed by atoms with Gasteiger partial charge in [-0.05, 0) is 57.4 Å². The van der Waals surface area contributed by atoms with Gasteiger partial charge in [0, 0.05) is 24.0 Å². The molecule has 6 heteroatoms. The first-order chi connectivity index (χ1) is 9.92. The third kappa shape index (κ3) is 3.17. The van der Waals surface area contributed by atoms with Crippen LogP contribution in [-0.2, 0) is 16.6 Å². The van der Waals surface area contributed by atoms with Crippen LogP contribution in [0.3, 0.4) is 0 Å². The van der Waals surface area contributed by atoms with Crippen molar-refractivity contribution >= 4 is 10.0 Å². The van der Waals surface area contributed by atoms with E-state index in [1.54, 1.807) is 12.3 Å².